The molecule has 1 fully saturated rings. The van der Waals surface area contributed by atoms with Gasteiger partial charge in [-0.1, -0.05) is 85.8 Å². The highest BCUT2D eigenvalue weighted by Gasteiger charge is 2.31. The molecule has 202 valence electrons. The molecule has 0 spiro atoms. The van der Waals surface area contributed by atoms with Crippen LogP contribution in [-0.4, -0.2) is 56.7 Å². The first-order valence-corrected chi connectivity index (χ1v) is 14.1. The van der Waals surface area contributed by atoms with E-state index in [1.807, 2.05) is 108 Å². The van der Waals surface area contributed by atoms with Crippen molar-refractivity contribution in [1.29, 1.82) is 0 Å². The molecule has 1 aliphatic heterocycles. The molecule has 3 heterocycles. The lowest BCUT2D eigenvalue weighted by molar-refractivity contribution is -0.132. The summed E-state index contributed by atoms with van der Waals surface area (Å²) >= 11 is 0. The molecular formula is C33H34N6O. The summed E-state index contributed by atoms with van der Waals surface area (Å²) in [5, 5.41) is 5.85. The lowest BCUT2D eigenvalue weighted by Gasteiger charge is -2.37. The maximum atomic E-state index is 14.0. The third-order valence-corrected chi connectivity index (χ3v) is 7.61. The molecule has 0 radical (unpaired) electrons. The summed E-state index contributed by atoms with van der Waals surface area (Å²) in [5.41, 5.74) is 4.77. The highest BCUT2D eigenvalue weighted by atomic mass is 16.2. The van der Waals surface area contributed by atoms with Gasteiger partial charge in [-0.2, -0.15) is 5.10 Å². The van der Waals surface area contributed by atoms with Crippen molar-refractivity contribution in [2.45, 2.75) is 32.6 Å². The van der Waals surface area contributed by atoms with Crippen molar-refractivity contribution < 1.29 is 4.79 Å². The molecule has 3 aromatic carbocycles. The first-order valence-electron chi connectivity index (χ1n) is 14.1. The Morgan fingerprint density at radius 2 is 1.38 bits per heavy atom. The number of amides is 1. The van der Waals surface area contributed by atoms with Gasteiger partial charge in [0.2, 0.25) is 5.91 Å². The molecule has 7 heteroatoms. The molecule has 1 amide bonds. The minimum absolute atomic E-state index is 0.143. The van der Waals surface area contributed by atoms with E-state index in [1.54, 1.807) is 0 Å². The van der Waals surface area contributed by atoms with Crippen LogP contribution >= 0.6 is 0 Å². The number of anilines is 1. The van der Waals surface area contributed by atoms with Crippen molar-refractivity contribution in [2.75, 3.05) is 31.1 Å². The summed E-state index contributed by atoms with van der Waals surface area (Å²) in [6, 6.07) is 30.3. The highest BCUT2D eigenvalue weighted by molar-refractivity contribution is 5.91. The van der Waals surface area contributed by atoms with Gasteiger partial charge in [0, 0.05) is 32.6 Å². The van der Waals surface area contributed by atoms with E-state index < -0.39 is 0 Å². The number of aryl methyl sites for hydroxylation is 2. The Morgan fingerprint density at radius 1 is 0.800 bits per heavy atom. The topological polar surface area (TPSA) is 67.2 Å². The van der Waals surface area contributed by atoms with Crippen molar-refractivity contribution in [3.05, 3.63) is 114 Å². The van der Waals surface area contributed by atoms with Gasteiger partial charge in [0.25, 0.3) is 0 Å². The zero-order valence-corrected chi connectivity index (χ0v) is 23.1. The molecule has 1 saturated heterocycles. The number of fused-ring (bicyclic) bond motifs is 1. The second-order valence-electron chi connectivity index (χ2n) is 10.3. The third kappa shape index (κ3) is 4.95. The SMILES string of the molecule is CCCc1nc(N2CCN(C(=O)C(c3ccccc3)c3ccccc3)CC2)c2c(C)nn(-c3ccccc3)c2n1. The van der Waals surface area contributed by atoms with Gasteiger partial charge in [-0.3, -0.25) is 4.79 Å². The van der Waals surface area contributed by atoms with E-state index in [1.165, 1.54) is 0 Å². The zero-order valence-electron chi connectivity index (χ0n) is 23.1. The summed E-state index contributed by atoms with van der Waals surface area (Å²) in [6.45, 7) is 6.85. The molecule has 40 heavy (non-hydrogen) atoms. The smallest absolute Gasteiger partial charge is 0.234 e. The predicted octanol–water partition coefficient (Wildman–Crippen LogP) is 5.56. The molecule has 0 atom stereocenters. The van der Waals surface area contributed by atoms with Crippen LogP contribution in [0.4, 0.5) is 5.82 Å². The van der Waals surface area contributed by atoms with Crippen LogP contribution in [0, 0.1) is 6.92 Å². The average Bonchev–Trinajstić information content (AvgIpc) is 3.35. The number of hydrogen-bond acceptors (Lipinski definition) is 5. The normalized spacial score (nSPS) is 13.8. The fourth-order valence-corrected chi connectivity index (χ4v) is 5.61. The quantitative estimate of drug-likeness (QED) is 0.276. The maximum absolute atomic E-state index is 14.0. The van der Waals surface area contributed by atoms with Crippen molar-refractivity contribution in [2.24, 2.45) is 0 Å². The molecule has 6 rings (SSSR count). The monoisotopic (exact) mass is 530 g/mol. The highest BCUT2D eigenvalue weighted by Crippen LogP contribution is 2.31. The predicted molar refractivity (Wildman–Crippen MR) is 159 cm³/mol. The van der Waals surface area contributed by atoms with E-state index >= 15 is 0 Å². The van der Waals surface area contributed by atoms with Gasteiger partial charge in [0.15, 0.2) is 5.65 Å². The average molecular weight is 531 g/mol. The fourth-order valence-electron chi connectivity index (χ4n) is 5.61. The number of aromatic nitrogens is 4. The van der Waals surface area contributed by atoms with Crippen LogP contribution in [0.3, 0.4) is 0 Å². The first kappa shape index (κ1) is 25.7. The van der Waals surface area contributed by atoms with Crippen LogP contribution in [-0.2, 0) is 11.2 Å². The van der Waals surface area contributed by atoms with Crippen LogP contribution in [0.2, 0.25) is 0 Å². The number of benzene rings is 3. The molecule has 5 aromatic rings. The summed E-state index contributed by atoms with van der Waals surface area (Å²) in [5.74, 6) is 1.57. The van der Waals surface area contributed by atoms with Gasteiger partial charge < -0.3 is 9.80 Å². The van der Waals surface area contributed by atoms with E-state index in [4.69, 9.17) is 15.1 Å². The minimum Gasteiger partial charge on any atom is -0.352 e. The van der Waals surface area contributed by atoms with Crippen LogP contribution < -0.4 is 4.90 Å². The maximum Gasteiger partial charge on any atom is 0.234 e. The van der Waals surface area contributed by atoms with Crippen LogP contribution in [0.5, 0.6) is 0 Å². The van der Waals surface area contributed by atoms with Gasteiger partial charge in [0.1, 0.15) is 11.6 Å². The number of para-hydroxylation sites is 1. The van der Waals surface area contributed by atoms with Crippen molar-refractivity contribution in [3.8, 4) is 5.69 Å². The summed E-state index contributed by atoms with van der Waals surface area (Å²) in [6.07, 6.45) is 1.77. The number of nitrogens with zero attached hydrogens (tertiary/aromatic N) is 6. The van der Waals surface area contributed by atoms with Crippen LogP contribution in [0.25, 0.3) is 16.7 Å². The lowest BCUT2D eigenvalue weighted by atomic mass is 9.90. The lowest BCUT2D eigenvalue weighted by Crippen LogP contribution is -2.50. The van der Waals surface area contributed by atoms with Crippen molar-refractivity contribution in [1.82, 2.24) is 24.6 Å². The number of carbonyl (C=O) groups excluding carboxylic acids is 1. The van der Waals surface area contributed by atoms with E-state index in [9.17, 15) is 4.79 Å². The van der Waals surface area contributed by atoms with Crippen molar-refractivity contribution in [3.63, 3.8) is 0 Å². The number of hydrogen-bond donors (Lipinski definition) is 0. The molecule has 0 bridgehead atoms. The summed E-state index contributed by atoms with van der Waals surface area (Å²) < 4.78 is 1.93. The number of piperazine rings is 1. The Labute approximate surface area is 235 Å². The van der Waals surface area contributed by atoms with Crippen LogP contribution in [0.1, 0.15) is 41.9 Å². The van der Waals surface area contributed by atoms with E-state index in [0.717, 1.165) is 58.0 Å². The molecule has 0 saturated carbocycles. The Kier molecular flexibility index (Phi) is 7.27. The van der Waals surface area contributed by atoms with Gasteiger partial charge in [-0.05, 0) is 36.6 Å². The Hall–Kier alpha value is -4.52. The van der Waals surface area contributed by atoms with Gasteiger partial charge >= 0.3 is 0 Å². The standard InChI is InChI=1S/C33H34N6O/c1-3-13-28-34-31(29-24(2)36-39(32(29)35-28)27-18-11-6-12-19-27)37-20-22-38(23-21-37)33(40)30(25-14-7-4-8-15-25)26-16-9-5-10-17-26/h4-12,14-19,30H,3,13,20-23H2,1-2H3. The van der Waals surface area contributed by atoms with Crippen molar-refractivity contribution >= 4 is 22.8 Å². The minimum atomic E-state index is -0.317. The largest absolute Gasteiger partial charge is 0.352 e. The molecule has 7 nitrogen and oxygen atoms in total. The van der Waals surface area contributed by atoms with E-state index in [0.29, 0.717) is 26.2 Å². The molecular weight excluding hydrogens is 496 g/mol. The van der Waals surface area contributed by atoms with Gasteiger partial charge in [0.05, 0.1) is 22.7 Å². The summed E-state index contributed by atoms with van der Waals surface area (Å²) in [7, 11) is 0. The number of carbonyl (C=O) groups is 1. The fraction of sp³-hybridized carbons (Fsp3) is 0.273. The Morgan fingerprint density at radius 3 is 1.95 bits per heavy atom. The second-order valence-corrected chi connectivity index (χ2v) is 10.3. The van der Waals surface area contributed by atoms with E-state index in [2.05, 4.69) is 11.8 Å². The Balaban J connectivity index is 1.30. The first-order chi connectivity index (χ1) is 19.6. The zero-order chi connectivity index (χ0) is 27.5. The van der Waals surface area contributed by atoms with Gasteiger partial charge in [-0.25, -0.2) is 14.6 Å². The molecule has 0 N–H and O–H groups in total. The molecule has 1 aliphatic rings. The summed E-state index contributed by atoms with van der Waals surface area (Å²) in [4.78, 5) is 28.3. The second kappa shape index (κ2) is 11.3. The molecule has 0 unspecified atom stereocenters. The van der Waals surface area contributed by atoms with Crippen LogP contribution in [0.15, 0.2) is 91.0 Å². The molecule has 0 aliphatic carbocycles. The number of rotatable bonds is 7. The third-order valence-electron chi connectivity index (χ3n) is 7.61. The van der Waals surface area contributed by atoms with Gasteiger partial charge in [-0.15, -0.1) is 0 Å². The Bertz CT molecular complexity index is 1550. The molecule has 2 aromatic heterocycles. The van der Waals surface area contributed by atoms with E-state index in [-0.39, 0.29) is 11.8 Å².